The summed E-state index contributed by atoms with van der Waals surface area (Å²) < 4.78 is 0. The van der Waals surface area contributed by atoms with Crippen LogP contribution in [-0.4, -0.2) is 22.2 Å². The van der Waals surface area contributed by atoms with Crippen molar-refractivity contribution in [2.24, 2.45) is 0 Å². The SMILES string of the molecule is O=C(O)/C=C\C(=O)O.c1ccc([PH](c2ccccc2)(c2ccccc2)c2ccccc2)cc1. The van der Waals surface area contributed by atoms with E-state index in [2.05, 4.69) is 121 Å². The number of benzene rings is 4. The van der Waals surface area contributed by atoms with Gasteiger partial charge in [-0.25, -0.2) is 9.59 Å². The van der Waals surface area contributed by atoms with Gasteiger partial charge >= 0.3 is 162 Å². The van der Waals surface area contributed by atoms with Gasteiger partial charge in [0.15, 0.2) is 0 Å². The zero-order valence-corrected chi connectivity index (χ0v) is 18.9. The van der Waals surface area contributed by atoms with E-state index in [0.717, 1.165) is 0 Å². The Kier molecular flexibility index (Phi) is 8.29. The first-order chi connectivity index (χ1) is 16.0. The topological polar surface area (TPSA) is 74.6 Å². The van der Waals surface area contributed by atoms with Gasteiger partial charge in [-0.05, 0) is 0 Å². The van der Waals surface area contributed by atoms with Gasteiger partial charge in [-0.3, -0.25) is 0 Å². The van der Waals surface area contributed by atoms with Gasteiger partial charge in [-0.15, -0.1) is 0 Å². The normalized spacial score (nSPS) is 11.3. The summed E-state index contributed by atoms with van der Waals surface area (Å²) in [4.78, 5) is 19.1. The monoisotopic (exact) mass is 456 g/mol. The van der Waals surface area contributed by atoms with Crippen molar-refractivity contribution in [1.29, 1.82) is 0 Å². The van der Waals surface area contributed by atoms with Crippen LogP contribution in [0, 0.1) is 0 Å². The van der Waals surface area contributed by atoms with E-state index >= 15 is 0 Å². The number of hydrogen-bond donors (Lipinski definition) is 2. The third-order valence-corrected chi connectivity index (χ3v) is 9.99. The zero-order valence-electron chi connectivity index (χ0n) is 17.9. The van der Waals surface area contributed by atoms with Crippen LogP contribution in [-0.2, 0) is 9.59 Å². The molecule has 0 aliphatic carbocycles. The van der Waals surface area contributed by atoms with Crippen molar-refractivity contribution < 1.29 is 19.8 Å². The van der Waals surface area contributed by atoms with E-state index in [1.165, 1.54) is 21.2 Å². The first kappa shape index (κ1) is 23.6. The molecule has 0 atom stereocenters. The molecule has 0 aromatic heterocycles. The predicted molar refractivity (Wildman–Crippen MR) is 137 cm³/mol. The molecule has 0 spiro atoms. The summed E-state index contributed by atoms with van der Waals surface area (Å²) >= 11 is 0. The minimum absolute atomic E-state index is 0.558. The first-order valence-electron chi connectivity index (χ1n) is 10.4. The second-order valence-corrected chi connectivity index (χ2v) is 11.0. The second-order valence-electron chi connectivity index (χ2n) is 7.22. The van der Waals surface area contributed by atoms with Crippen molar-refractivity contribution in [3.63, 3.8) is 0 Å². The van der Waals surface area contributed by atoms with Gasteiger partial charge in [0.2, 0.25) is 0 Å². The van der Waals surface area contributed by atoms with Crippen LogP contribution in [0.1, 0.15) is 0 Å². The van der Waals surface area contributed by atoms with Crippen molar-refractivity contribution in [2.75, 3.05) is 0 Å². The Morgan fingerprint density at radius 3 is 0.848 bits per heavy atom. The van der Waals surface area contributed by atoms with Crippen LogP contribution >= 0.6 is 7.26 Å². The fraction of sp³-hybridized carbons (Fsp3) is 0. The molecule has 4 aromatic rings. The van der Waals surface area contributed by atoms with Gasteiger partial charge in [-0.1, -0.05) is 0 Å². The van der Waals surface area contributed by atoms with E-state index in [1.807, 2.05) is 0 Å². The molecule has 0 fully saturated rings. The van der Waals surface area contributed by atoms with Crippen LogP contribution in [0.15, 0.2) is 133 Å². The predicted octanol–water partition coefficient (Wildman–Crippen LogP) is 3.75. The van der Waals surface area contributed by atoms with Gasteiger partial charge in [0.05, 0.1) is 0 Å². The van der Waals surface area contributed by atoms with E-state index < -0.39 is 19.2 Å². The summed E-state index contributed by atoms with van der Waals surface area (Å²) in [5.74, 6) is -2.51. The fourth-order valence-corrected chi connectivity index (χ4v) is 8.66. The molecule has 166 valence electrons. The fourth-order valence-electron chi connectivity index (χ4n) is 3.90. The Morgan fingerprint density at radius 1 is 0.455 bits per heavy atom. The van der Waals surface area contributed by atoms with Crippen molar-refractivity contribution in [1.82, 2.24) is 0 Å². The molecule has 0 amide bonds. The van der Waals surface area contributed by atoms with Gasteiger partial charge in [-0.2, -0.15) is 0 Å². The minimum atomic E-state index is -2.30. The molecular weight excluding hydrogens is 431 g/mol. The summed E-state index contributed by atoms with van der Waals surface area (Å²) in [5, 5.41) is 21.3. The van der Waals surface area contributed by atoms with Crippen molar-refractivity contribution in [2.45, 2.75) is 0 Å². The van der Waals surface area contributed by atoms with E-state index in [0.29, 0.717) is 12.2 Å². The quantitative estimate of drug-likeness (QED) is 0.342. The molecule has 0 saturated heterocycles. The summed E-state index contributed by atoms with van der Waals surface area (Å²) in [5.41, 5.74) is 0. The average Bonchev–Trinajstić information content (AvgIpc) is 2.86. The third kappa shape index (κ3) is 5.82. The molecule has 0 aliphatic rings. The van der Waals surface area contributed by atoms with Crippen LogP contribution in [0.25, 0.3) is 0 Å². The van der Waals surface area contributed by atoms with Crippen molar-refractivity contribution in [3.8, 4) is 0 Å². The number of aliphatic carboxylic acids is 2. The summed E-state index contributed by atoms with van der Waals surface area (Å²) in [6.45, 7) is 0. The van der Waals surface area contributed by atoms with E-state index in [1.54, 1.807) is 0 Å². The Hall–Kier alpha value is -4.01. The van der Waals surface area contributed by atoms with E-state index in [9.17, 15) is 9.59 Å². The number of carboxylic acids is 2. The second kappa shape index (κ2) is 11.6. The Balaban J connectivity index is 0.000000331. The third-order valence-electron chi connectivity index (χ3n) is 5.20. The summed E-state index contributed by atoms with van der Waals surface area (Å²) in [6.07, 6.45) is 1.12. The Morgan fingerprint density at radius 2 is 0.667 bits per heavy atom. The first-order valence-corrected chi connectivity index (χ1v) is 12.4. The Bertz CT molecular complexity index is 1010. The number of carbonyl (C=O) groups is 2. The molecule has 0 aliphatic heterocycles. The molecular formula is C28H25O4P. The molecule has 0 unspecified atom stereocenters. The molecule has 0 bridgehead atoms. The van der Waals surface area contributed by atoms with Gasteiger partial charge in [0.25, 0.3) is 0 Å². The molecule has 0 heterocycles. The van der Waals surface area contributed by atoms with E-state index in [-0.39, 0.29) is 0 Å². The molecule has 4 rings (SSSR count). The van der Waals surface area contributed by atoms with Gasteiger partial charge in [0, 0.05) is 12.2 Å². The van der Waals surface area contributed by atoms with Crippen LogP contribution < -0.4 is 21.2 Å². The van der Waals surface area contributed by atoms with Crippen LogP contribution in [0.5, 0.6) is 0 Å². The standard InChI is InChI=1S/C24H21P.C4H4O4/c1-5-13-21(14-6-1)25(22-15-7-2-8-16-22,23-17-9-3-10-18-23)24-19-11-4-12-20-24;5-3(6)1-2-4(7)8/h1-20,25H;1-2H,(H,5,6)(H,7,8)/b;2-1-. The molecule has 5 heteroatoms. The maximum atomic E-state index is 9.55. The summed E-state index contributed by atoms with van der Waals surface area (Å²) in [7, 11) is -2.30. The van der Waals surface area contributed by atoms with Gasteiger partial charge in [0.1, 0.15) is 0 Å². The van der Waals surface area contributed by atoms with Gasteiger partial charge < -0.3 is 10.2 Å². The van der Waals surface area contributed by atoms with Crippen LogP contribution in [0.3, 0.4) is 0 Å². The number of carboxylic acid groups (broad SMARTS) is 2. The molecule has 4 aromatic carbocycles. The zero-order chi connectivity index (χ0) is 23.5. The molecule has 2 N–H and O–H groups in total. The number of hydrogen-bond acceptors (Lipinski definition) is 2. The molecule has 0 saturated carbocycles. The molecule has 4 nitrogen and oxygen atoms in total. The van der Waals surface area contributed by atoms with Crippen LogP contribution in [0.4, 0.5) is 0 Å². The van der Waals surface area contributed by atoms with E-state index in [4.69, 9.17) is 10.2 Å². The van der Waals surface area contributed by atoms with Crippen LogP contribution in [0.2, 0.25) is 0 Å². The van der Waals surface area contributed by atoms with Crippen molar-refractivity contribution >= 4 is 40.4 Å². The van der Waals surface area contributed by atoms with Crippen molar-refractivity contribution in [3.05, 3.63) is 133 Å². The molecule has 33 heavy (non-hydrogen) atoms. The average molecular weight is 456 g/mol. The molecule has 0 radical (unpaired) electrons. The maximum absolute atomic E-state index is 9.55. The summed E-state index contributed by atoms with van der Waals surface area (Å²) in [6, 6.07) is 44.0. The Labute approximate surface area is 193 Å². The number of rotatable bonds is 6.